The molecule has 0 aromatic heterocycles. The van der Waals surface area contributed by atoms with Gasteiger partial charge >= 0.3 is 11.9 Å². The molecule has 8 heteroatoms. The molecule has 0 bridgehead atoms. The number of esters is 2. The number of β-amino-alcohol motifs (C(OH)–C–C–N with tert-alkyl or cyclic N) is 1. The molecule has 2 rings (SSSR count). The molecule has 1 heterocycles. The van der Waals surface area contributed by atoms with Gasteiger partial charge in [-0.15, -0.1) is 0 Å². The van der Waals surface area contributed by atoms with Crippen molar-refractivity contribution < 1.29 is 29.0 Å². The van der Waals surface area contributed by atoms with Crippen LogP contribution in [0.1, 0.15) is 24.2 Å². The number of hydrogen-bond donors (Lipinski definition) is 2. The Bertz CT molecular complexity index is 741. The smallest absolute Gasteiger partial charge is 0.338 e. The van der Waals surface area contributed by atoms with Crippen LogP contribution in [0.5, 0.6) is 0 Å². The minimum atomic E-state index is -0.628. The van der Waals surface area contributed by atoms with E-state index >= 15 is 0 Å². The maximum atomic E-state index is 12.5. The molecule has 1 aliphatic rings. The second kappa shape index (κ2) is 8.48. The Morgan fingerprint density at radius 3 is 2.65 bits per heavy atom. The van der Waals surface area contributed by atoms with Crippen LogP contribution in [0.4, 0.5) is 5.69 Å². The van der Waals surface area contributed by atoms with Crippen LogP contribution in [-0.4, -0.2) is 60.8 Å². The Kier molecular flexibility index (Phi) is 6.35. The van der Waals surface area contributed by atoms with E-state index in [1.165, 1.54) is 18.1 Å². The van der Waals surface area contributed by atoms with E-state index in [0.717, 1.165) is 0 Å². The van der Waals surface area contributed by atoms with Crippen LogP contribution >= 0.6 is 0 Å². The Hall–Kier alpha value is -2.87. The summed E-state index contributed by atoms with van der Waals surface area (Å²) in [6.45, 7) is 3.43. The fraction of sp³-hybridized carbons (Fsp3) is 0.389. The van der Waals surface area contributed by atoms with Crippen molar-refractivity contribution in [1.82, 2.24) is 4.90 Å². The van der Waals surface area contributed by atoms with E-state index in [4.69, 9.17) is 14.6 Å². The Morgan fingerprint density at radius 2 is 2.04 bits per heavy atom. The summed E-state index contributed by atoms with van der Waals surface area (Å²) in [5, 5.41) is 12.0. The zero-order chi connectivity index (χ0) is 19.3. The number of nitrogens with one attached hydrogen (secondary N) is 1. The molecule has 0 fully saturated rings. The number of methoxy groups -OCH3 is 1. The van der Waals surface area contributed by atoms with Gasteiger partial charge in [-0.3, -0.25) is 4.79 Å². The van der Waals surface area contributed by atoms with Crippen molar-refractivity contribution >= 4 is 23.5 Å². The largest absolute Gasteiger partial charge is 0.466 e. The highest BCUT2D eigenvalue weighted by Gasteiger charge is 2.34. The zero-order valence-electron chi connectivity index (χ0n) is 14.9. The number of rotatable bonds is 7. The van der Waals surface area contributed by atoms with Gasteiger partial charge in [-0.1, -0.05) is 6.07 Å². The second-order valence-electron chi connectivity index (χ2n) is 5.96. The van der Waals surface area contributed by atoms with Gasteiger partial charge in [0.25, 0.3) is 5.91 Å². The number of hydrogen-bond acceptors (Lipinski definition) is 7. The summed E-state index contributed by atoms with van der Waals surface area (Å²) in [4.78, 5) is 37.8. The third kappa shape index (κ3) is 4.40. The fourth-order valence-electron chi connectivity index (χ4n) is 2.50. The topological polar surface area (TPSA) is 105 Å². The van der Waals surface area contributed by atoms with E-state index in [2.05, 4.69) is 5.32 Å². The Balaban J connectivity index is 2.28. The van der Waals surface area contributed by atoms with Gasteiger partial charge in [0, 0.05) is 12.2 Å². The normalized spacial score (nSPS) is 14.0. The predicted octanol–water partition coefficient (Wildman–Crippen LogP) is 0.925. The molecule has 1 amide bonds. The van der Waals surface area contributed by atoms with E-state index in [9.17, 15) is 14.4 Å². The van der Waals surface area contributed by atoms with Crippen molar-refractivity contribution in [1.29, 1.82) is 0 Å². The SMILES string of the molecule is COC(=O)C1=C(Nc2cccc(C(=O)OC(C)C)c2)C(=O)N(CCO)C1. The number of ether oxygens (including phenoxy) is 2. The molecule has 140 valence electrons. The zero-order valence-corrected chi connectivity index (χ0v) is 14.9. The lowest BCUT2D eigenvalue weighted by molar-refractivity contribution is -0.136. The molecule has 2 N–H and O–H groups in total. The third-order valence-electron chi connectivity index (χ3n) is 3.66. The quantitative estimate of drug-likeness (QED) is 0.695. The lowest BCUT2D eigenvalue weighted by Gasteiger charge is -2.15. The summed E-state index contributed by atoms with van der Waals surface area (Å²) in [6, 6.07) is 6.44. The number of nitrogens with zero attached hydrogens (tertiary/aromatic N) is 1. The molecule has 0 radical (unpaired) electrons. The summed E-state index contributed by atoms with van der Waals surface area (Å²) < 4.78 is 9.88. The number of aliphatic hydroxyl groups is 1. The molecule has 0 atom stereocenters. The fourth-order valence-corrected chi connectivity index (χ4v) is 2.50. The number of carbonyl (C=O) groups is 3. The highest BCUT2D eigenvalue weighted by molar-refractivity contribution is 6.08. The van der Waals surface area contributed by atoms with Crippen LogP contribution in [-0.2, 0) is 19.1 Å². The van der Waals surface area contributed by atoms with Crippen LogP contribution in [0.25, 0.3) is 0 Å². The highest BCUT2D eigenvalue weighted by Crippen LogP contribution is 2.23. The minimum Gasteiger partial charge on any atom is -0.466 e. The molecule has 1 aromatic carbocycles. The summed E-state index contributed by atoms with van der Waals surface area (Å²) in [5.74, 6) is -1.53. The van der Waals surface area contributed by atoms with Crippen molar-refractivity contribution in [2.75, 3.05) is 32.1 Å². The first-order chi connectivity index (χ1) is 12.4. The van der Waals surface area contributed by atoms with Crippen LogP contribution < -0.4 is 5.32 Å². The average Bonchev–Trinajstić information content (AvgIpc) is 2.91. The first-order valence-corrected chi connectivity index (χ1v) is 8.17. The van der Waals surface area contributed by atoms with E-state index < -0.39 is 17.8 Å². The Labute approximate surface area is 151 Å². The minimum absolute atomic E-state index is 0.0451. The number of amides is 1. The molecule has 1 aromatic rings. The predicted molar refractivity (Wildman–Crippen MR) is 93.3 cm³/mol. The molecule has 0 aliphatic carbocycles. The number of benzene rings is 1. The summed E-state index contributed by atoms with van der Waals surface area (Å²) in [6.07, 6.45) is -0.254. The van der Waals surface area contributed by atoms with E-state index in [-0.39, 0.29) is 37.1 Å². The van der Waals surface area contributed by atoms with Gasteiger partial charge in [0.1, 0.15) is 5.70 Å². The molecule has 8 nitrogen and oxygen atoms in total. The van der Waals surface area contributed by atoms with Gasteiger partial charge in [-0.2, -0.15) is 0 Å². The van der Waals surface area contributed by atoms with Crippen molar-refractivity contribution in [2.45, 2.75) is 20.0 Å². The number of carbonyl (C=O) groups excluding carboxylic acids is 3. The van der Waals surface area contributed by atoms with Crippen LogP contribution in [0.3, 0.4) is 0 Å². The second-order valence-corrected chi connectivity index (χ2v) is 5.96. The van der Waals surface area contributed by atoms with Crippen LogP contribution in [0, 0.1) is 0 Å². The van der Waals surface area contributed by atoms with Crippen LogP contribution in [0.2, 0.25) is 0 Å². The summed E-state index contributed by atoms with van der Waals surface area (Å²) in [5.41, 5.74) is 1.01. The van der Waals surface area contributed by atoms with Gasteiger partial charge in [-0.25, -0.2) is 9.59 Å². The average molecular weight is 362 g/mol. The molecule has 0 saturated carbocycles. The van der Waals surface area contributed by atoms with Crippen LogP contribution in [0.15, 0.2) is 35.5 Å². The molecule has 26 heavy (non-hydrogen) atoms. The van der Waals surface area contributed by atoms with Gasteiger partial charge in [0.05, 0.1) is 37.5 Å². The highest BCUT2D eigenvalue weighted by atomic mass is 16.5. The molecule has 0 unspecified atom stereocenters. The van der Waals surface area contributed by atoms with Crippen molar-refractivity contribution in [3.8, 4) is 0 Å². The molecule has 0 saturated heterocycles. The van der Waals surface area contributed by atoms with Gasteiger partial charge in [0.2, 0.25) is 0 Å². The maximum absolute atomic E-state index is 12.5. The van der Waals surface area contributed by atoms with E-state index in [1.807, 2.05) is 0 Å². The molecule has 0 spiro atoms. The summed E-state index contributed by atoms with van der Waals surface area (Å²) >= 11 is 0. The number of anilines is 1. The molecule has 1 aliphatic heterocycles. The first kappa shape index (κ1) is 19.5. The van der Waals surface area contributed by atoms with Crippen molar-refractivity contribution in [2.24, 2.45) is 0 Å². The van der Waals surface area contributed by atoms with Gasteiger partial charge in [0.15, 0.2) is 0 Å². The maximum Gasteiger partial charge on any atom is 0.338 e. The summed E-state index contributed by atoms with van der Waals surface area (Å²) in [7, 11) is 1.23. The van der Waals surface area contributed by atoms with Gasteiger partial charge in [-0.05, 0) is 32.0 Å². The van der Waals surface area contributed by atoms with E-state index in [1.54, 1.807) is 32.0 Å². The van der Waals surface area contributed by atoms with E-state index in [0.29, 0.717) is 11.3 Å². The van der Waals surface area contributed by atoms with Crippen molar-refractivity contribution in [3.63, 3.8) is 0 Å². The monoisotopic (exact) mass is 362 g/mol. The number of aliphatic hydroxyl groups excluding tert-OH is 1. The Morgan fingerprint density at radius 1 is 1.31 bits per heavy atom. The van der Waals surface area contributed by atoms with Crippen molar-refractivity contribution in [3.05, 3.63) is 41.1 Å². The lowest BCUT2D eigenvalue weighted by Crippen LogP contribution is -2.31. The standard InChI is InChI=1S/C18H22N2O6/c1-11(2)26-17(23)12-5-4-6-13(9-12)19-15-14(18(24)25-3)10-20(7-8-21)16(15)22/h4-6,9,11,19,21H,7-8,10H2,1-3H3. The molecular weight excluding hydrogens is 340 g/mol. The first-order valence-electron chi connectivity index (χ1n) is 8.17. The van der Waals surface area contributed by atoms with Gasteiger partial charge < -0.3 is 24.8 Å². The third-order valence-corrected chi connectivity index (χ3v) is 3.66. The molecular formula is C18H22N2O6. The lowest BCUT2D eigenvalue weighted by atomic mass is 10.2.